The average Bonchev–Trinajstić information content (AvgIpc) is 2.77. The lowest BCUT2D eigenvalue weighted by Crippen LogP contribution is -2.52. The van der Waals surface area contributed by atoms with Gasteiger partial charge in [-0.2, -0.15) is 0 Å². The number of rotatable bonds is 6. The van der Waals surface area contributed by atoms with Crippen LogP contribution in [0, 0.1) is 0 Å². The minimum atomic E-state index is 0. The zero-order chi connectivity index (χ0) is 19.8. The van der Waals surface area contributed by atoms with Gasteiger partial charge in [-0.05, 0) is 51.3 Å². The minimum Gasteiger partial charge on any atom is -0.355 e. The van der Waals surface area contributed by atoms with Gasteiger partial charge in [-0.1, -0.05) is 43.7 Å². The van der Waals surface area contributed by atoms with Gasteiger partial charge in [0.15, 0.2) is 5.96 Å². The van der Waals surface area contributed by atoms with Crippen molar-refractivity contribution in [2.45, 2.75) is 64.1 Å². The lowest BCUT2D eigenvalue weighted by Gasteiger charge is -2.37. The Kier molecular flexibility index (Phi) is 10.7. The third-order valence-corrected chi connectivity index (χ3v) is 6.58. The molecular formula is C23H40IN5. The third-order valence-electron chi connectivity index (χ3n) is 6.58. The van der Waals surface area contributed by atoms with Gasteiger partial charge in [-0.15, -0.1) is 24.0 Å². The molecule has 3 rings (SSSR count). The minimum absolute atomic E-state index is 0. The number of aliphatic imine (C=N–C) groups is 1. The van der Waals surface area contributed by atoms with Crippen molar-refractivity contribution in [3.8, 4) is 0 Å². The van der Waals surface area contributed by atoms with Crippen molar-refractivity contribution >= 4 is 29.9 Å². The van der Waals surface area contributed by atoms with Gasteiger partial charge in [0, 0.05) is 44.8 Å². The summed E-state index contributed by atoms with van der Waals surface area (Å²) >= 11 is 0. The van der Waals surface area contributed by atoms with Crippen LogP contribution in [0.4, 0.5) is 0 Å². The van der Waals surface area contributed by atoms with E-state index in [1.807, 2.05) is 7.05 Å². The van der Waals surface area contributed by atoms with Crippen LogP contribution < -0.4 is 10.6 Å². The van der Waals surface area contributed by atoms with Gasteiger partial charge < -0.3 is 10.6 Å². The normalized spacial score (nSPS) is 23.3. The van der Waals surface area contributed by atoms with E-state index in [-0.39, 0.29) is 24.0 Å². The number of likely N-dealkylation sites (tertiary alicyclic amines) is 2. The summed E-state index contributed by atoms with van der Waals surface area (Å²) in [5, 5.41) is 7.27. The first-order valence-electron chi connectivity index (χ1n) is 11.2. The largest absolute Gasteiger partial charge is 0.355 e. The van der Waals surface area contributed by atoms with Crippen LogP contribution in [-0.2, 0) is 0 Å². The highest BCUT2D eigenvalue weighted by Gasteiger charge is 2.25. The molecule has 2 heterocycles. The zero-order valence-electron chi connectivity index (χ0n) is 18.4. The zero-order valence-corrected chi connectivity index (χ0v) is 20.8. The van der Waals surface area contributed by atoms with Crippen LogP contribution in [-0.4, -0.2) is 67.6 Å². The third kappa shape index (κ3) is 7.10. The van der Waals surface area contributed by atoms with Crippen molar-refractivity contribution in [3.05, 3.63) is 35.9 Å². The van der Waals surface area contributed by atoms with E-state index in [9.17, 15) is 0 Å². The highest BCUT2D eigenvalue weighted by Crippen LogP contribution is 2.24. The highest BCUT2D eigenvalue weighted by molar-refractivity contribution is 14.0. The molecule has 2 saturated heterocycles. The Morgan fingerprint density at radius 2 is 1.83 bits per heavy atom. The van der Waals surface area contributed by atoms with Gasteiger partial charge >= 0.3 is 0 Å². The summed E-state index contributed by atoms with van der Waals surface area (Å²) < 4.78 is 0. The average molecular weight is 514 g/mol. The summed E-state index contributed by atoms with van der Waals surface area (Å²) in [6.45, 7) is 10.3. The Hall–Kier alpha value is -0.860. The fraction of sp³-hybridized carbons (Fsp3) is 0.696. The number of nitrogens with zero attached hydrogens (tertiary/aromatic N) is 3. The van der Waals surface area contributed by atoms with E-state index >= 15 is 0 Å². The number of likely N-dealkylation sites (N-methyl/N-ethyl adjacent to an activating group) is 1. The molecule has 0 aromatic heterocycles. The number of halogens is 1. The van der Waals surface area contributed by atoms with Gasteiger partial charge in [-0.3, -0.25) is 14.8 Å². The molecule has 0 radical (unpaired) electrons. The van der Waals surface area contributed by atoms with Crippen molar-refractivity contribution in [1.82, 2.24) is 20.4 Å². The standard InChI is InChI=1S/C23H39N5.HI/c1-4-27-15-9-8-12-22(27)18-25-23(24-3)26-21-13-16-28(17-14-21)19(2)20-10-6-5-7-11-20;/h5-7,10-11,19,21-22H,4,8-9,12-18H2,1-3H3,(H2,24,25,26);1H. The maximum atomic E-state index is 4.48. The number of hydrogen-bond donors (Lipinski definition) is 2. The summed E-state index contributed by atoms with van der Waals surface area (Å²) in [5.74, 6) is 0.969. The van der Waals surface area contributed by atoms with Crippen LogP contribution >= 0.6 is 24.0 Å². The molecule has 0 aliphatic carbocycles. The molecule has 0 saturated carbocycles. The molecule has 1 aromatic carbocycles. The quantitative estimate of drug-likeness (QED) is 0.345. The molecule has 2 unspecified atom stereocenters. The number of hydrogen-bond acceptors (Lipinski definition) is 3. The second-order valence-electron chi connectivity index (χ2n) is 8.27. The Labute approximate surface area is 194 Å². The van der Waals surface area contributed by atoms with Crippen molar-refractivity contribution < 1.29 is 0 Å². The fourth-order valence-electron chi connectivity index (χ4n) is 4.68. The molecule has 2 N–H and O–H groups in total. The maximum absolute atomic E-state index is 4.48. The Bertz CT molecular complexity index is 601. The van der Waals surface area contributed by atoms with Crippen molar-refractivity contribution in [3.63, 3.8) is 0 Å². The summed E-state index contributed by atoms with van der Waals surface area (Å²) in [6, 6.07) is 12.5. The van der Waals surface area contributed by atoms with Gasteiger partial charge in [0.1, 0.15) is 0 Å². The monoisotopic (exact) mass is 513 g/mol. The van der Waals surface area contributed by atoms with E-state index < -0.39 is 0 Å². The topological polar surface area (TPSA) is 42.9 Å². The molecule has 6 heteroatoms. The van der Waals surface area contributed by atoms with Crippen LogP contribution in [0.15, 0.2) is 35.3 Å². The molecule has 1 aromatic rings. The predicted molar refractivity (Wildman–Crippen MR) is 134 cm³/mol. The van der Waals surface area contributed by atoms with Crippen LogP contribution in [0.1, 0.15) is 57.6 Å². The number of piperidine rings is 2. The first-order valence-corrected chi connectivity index (χ1v) is 11.2. The molecule has 0 amide bonds. The van der Waals surface area contributed by atoms with E-state index in [4.69, 9.17) is 0 Å². The van der Waals surface area contributed by atoms with Gasteiger partial charge in [0.2, 0.25) is 0 Å². The van der Waals surface area contributed by atoms with Crippen LogP contribution in [0.3, 0.4) is 0 Å². The van der Waals surface area contributed by atoms with E-state index in [2.05, 4.69) is 69.6 Å². The van der Waals surface area contributed by atoms with Crippen LogP contribution in [0.2, 0.25) is 0 Å². The Morgan fingerprint density at radius 3 is 2.48 bits per heavy atom. The van der Waals surface area contributed by atoms with Crippen molar-refractivity contribution in [2.24, 2.45) is 4.99 Å². The summed E-state index contributed by atoms with van der Waals surface area (Å²) in [6.07, 6.45) is 6.34. The first-order chi connectivity index (χ1) is 13.7. The number of nitrogens with one attached hydrogen (secondary N) is 2. The van der Waals surface area contributed by atoms with E-state index in [0.29, 0.717) is 18.1 Å². The van der Waals surface area contributed by atoms with E-state index in [0.717, 1.165) is 32.1 Å². The predicted octanol–water partition coefficient (Wildman–Crippen LogP) is 3.87. The second-order valence-corrected chi connectivity index (χ2v) is 8.27. The summed E-state index contributed by atoms with van der Waals surface area (Å²) in [5.41, 5.74) is 1.42. The molecule has 2 fully saturated rings. The molecular weight excluding hydrogens is 473 g/mol. The lowest BCUT2D eigenvalue weighted by atomic mass is 10.0. The van der Waals surface area contributed by atoms with Gasteiger partial charge in [-0.25, -0.2) is 0 Å². The van der Waals surface area contributed by atoms with Gasteiger partial charge in [0.05, 0.1) is 0 Å². The molecule has 2 atom stereocenters. The maximum Gasteiger partial charge on any atom is 0.191 e. The van der Waals surface area contributed by atoms with Crippen molar-refractivity contribution in [2.75, 3.05) is 39.8 Å². The van der Waals surface area contributed by atoms with Crippen LogP contribution in [0.25, 0.3) is 0 Å². The Balaban J connectivity index is 0.00000300. The van der Waals surface area contributed by atoms with Crippen LogP contribution in [0.5, 0.6) is 0 Å². The smallest absolute Gasteiger partial charge is 0.191 e. The Morgan fingerprint density at radius 1 is 1.10 bits per heavy atom. The lowest BCUT2D eigenvalue weighted by molar-refractivity contribution is 0.154. The number of benzene rings is 1. The molecule has 0 spiro atoms. The summed E-state index contributed by atoms with van der Waals surface area (Å²) in [7, 11) is 1.89. The number of guanidine groups is 1. The van der Waals surface area contributed by atoms with E-state index in [1.165, 1.54) is 44.2 Å². The SMILES string of the molecule is CCN1CCCCC1CNC(=NC)NC1CCN(C(C)c2ccccc2)CC1.I. The van der Waals surface area contributed by atoms with Crippen molar-refractivity contribution in [1.29, 1.82) is 0 Å². The molecule has 2 aliphatic rings. The molecule has 2 aliphatic heterocycles. The fourth-order valence-corrected chi connectivity index (χ4v) is 4.68. The molecule has 0 bridgehead atoms. The first kappa shape index (κ1) is 24.4. The van der Waals surface area contributed by atoms with Gasteiger partial charge in [0.25, 0.3) is 0 Å². The van der Waals surface area contributed by atoms with E-state index in [1.54, 1.807) is 0 Å². The molecule has 29 heavy (non-hydrogen) atoms. The summed E-state index contributed by atoms with van der Waals surface area (Å²) in [4.78, 5) is 9.69. The second kappa shape index (κ2) is 12.7. The highest BCUT2D eigenvalue weighted by atomic mass is 127. The molecule has 164 valence electrons. The molecule has 5 nitrogen and oxygen atoms in total.